The van der Waals surface area contributed by atoms with Crippen LogP contribution in [-0.4, -0.2) is 11.9 Å². The molecule has 3 rings (SSSR count). The van der Waals surface area contributed by atoms with E-state index >= 15 is 0 Å². The van der Waals surface area contributed by atoms with Gasteiger partial charge in [0.1, 0.15) is 17.3 Å². The van der Waals surface area contributed by atoms with Crippen molar-refractivity contribution >= 4 is 18.3 Å². The summed E-state index contributed by atoms with van der Waals surface area (Å²) in [5.74, 6) is 1.07. The number of hydrogen-bond donors (Lipinski definition) is 2. The number of halogens is 2. The normalized spacial score (nSPS) is 19.3. The van der Waals surface area contributed by atoms with Crippen molar-refractivity contribution in [2.45, 2.75) is 38.3 Å². The van der Waals surface area contributed by atoms with Crippen LogP contribution in [-0.2, 0) is 11.3 Å². The van der Waals surface area contributed by atoms with Crippen molar-refractivity contribution in [1.82, 2.24) is 5.32 Å². The second-order valence-electron chi connectivity index (χ2n) is 6.54. The van der Waals surface area contributed by atoms with Gasteiger partial charge < -0.3 is 15.8 Å². The van der Waals surface area contributed by atoms with E-state index in [9.17, 15) is 9.18 Å². The van der Waals surface area contributed by atoms with Crippen LogP contribution in [0.25, 0.3) is 0 Å². The Morgan fingerprint density at radius 3 is 2.31 bits per heavy atom. The third-order valence-corrected chi connectivity index (χ3v) is 4.52. The second-order valence-corrected chi connectivity index (χ2v) is 6.54. The third kappa shape index (κ3) is 5.71. The first kappa shape index (κ1) is 20.2. The van der Waals surface area contributed by atoms with Gasteiger partial charge in [-0.2, -0.15) is 0 Å². The predicted molar refractivity (Wildman–Crippen MR) is 102 cm³/mol. The molecule has 0 saturated heterocycles. The number of nitrogens with one attached hydrogen (secondary N) is 1. The van der Waals surface area contributed by atoms with E-state index in [1.807, 2.05) is 24.3 Å². The summed E-state index contributed by atoms with van der Waals surface area (Å²) in [7, 11) is 0. The van der Waals surface area contributed by atoms with Crippen molar-refractivity contribution in [1.29, 1.82) is 0 Å². The minimum atomic E-state index is -0.294. The number of carbonyl (C=O) groups is 1. The lowest BCUT2D eigenvalue weighted by atomic mass is 9.85. The molecule has 6 heteroatoms. The number of hydrogen-bond acceptors (Lipinski definition) is 3. The molecule has 26 heavy (non-hydrogen) atoms. The molecule has 0 aromatic heterocycles. The van der Waals surface area contributed by atoms with Crippen LogP contribution >= 0.6 is 12.4 Å². The van der Waals surface area contributed by atoms with Gasteiger partial charge in [0.15, 0.2) is 0 Å². The minimum absolute atomic E-state index is 0. The molecule has 4 nitrogen and oxygen atoms in total. The molecular weight excluding hydrogens is 355 g/mol. The fourth-order valence-electron chi connectivity index (χ4n) is 3.11. The second kappa shape index (κ2) is 9.55. The summed E-state index contributed by atoms with van der Waals surface area (Å²) in [6.07, 6.45) is 3.73. The minimum Gasteiger partial charge on any atom is -0.457 e. The third-order valence-electron chi connectivity index (χ3n) is 4.52. The van der Waals surface area contributed by atoms with Crippen LogP contribution in [0, 0.1) is 11.7 Å². The topological polar surface area (TPSA) is 64.4 Å². The smallest absolute Gasteiger partial charge is 0.223 e. The van der Waals surface area contributed by atoms with E-state index in [-0.39, 0.29) is 36.1 Å². The van der Waals surface area contributed by atoms with Gasteiger partial charge in [0.05, 0.1) is 0 Å². The fourth-order valence-corrected chi connectivity index (χ4v) is 3.11. The molecule has 0 spiro atoms. The molecule has 2 atom stereocenters. The maximum Gasteiger partial charge on any atom is 0.223 e. The zero-order chi connectivity index (χ0) is 17.6. The van der Waals surface area contributed by atoms with Crippen molar-refractivity contribution in [3.63, 3.8) is 0 Å². The largest absolute Gasteiger partial charge is 0.457 e. The van der Waals surface area contributed by atoms with E-state index in [1.54, 1.807) is 12.1 Å². The number of carbonyl (C=O) groups excluding carboxylic acids is 1. The van der Waals surface area contributed by atoms with Crippen LogP contribution in [0.3, 0.4) is 0 Å². The van der Waals surface area contributed by atoms with Crippen LogP contribution in [0.5, 0.6) is 11.5 Å². The zero-order valence-corrected chi connectivity index (χ0v) is 15.3. The molecule has 3 N–H and O–H groups in total. The predicted octanol–water partition coefficient (Wildman–Crippen LogP) is 4.17. The van der Waals surface area contributed by atoms with E-state index in [4.69, 9.17) is 10.5 Å². The van der Waals surface area contributed by atoms with E-state index in [0.29, 0.717) is 18.0 Å². The molecule has 0 bridgehead atoms. The Morgan fingerprint density at radius 2 is 1.69 bits per heavy atom. The first-order valence-electron chi connectivity index (χ1n) is 8.66. The molecule has 140 valence electrons. The Bertz CT molecular complexity index is 707. The lowest BCUT2D eigenvalue weighted by Gasteiger charge is -2.25. The summed E-state index contributed by atoms with van der Waals surface area (Å²) in [6, 6.07) is 13.5. The van der Waals surface area contributed by atoms with Gasteiger partial charge >= 0.3 is 0 Å². The molecule has 0 heterocycles. The Balaban J connectivity index is 0.00000243. The lowest BCUT2D eigenvalue weighted by molar-refractivity contribution is -0.126. The van der Waals surface area contributed by atoms with Crippen molar-refractivity contribution in [3.05, 3.63) is 59.9 Å². The molecular formula is C20H24ClFN2O2. The first-order chi connectivity index (χ1) is 12.1. The van der Waals surface area contributed by atoms with Crippen LogP contribution in [0.15, 0.2) is 48.5 Å². The van der Waals surface area contributed by atoms with Gasteiger partial charge in [0.2, 0.25) is 5.91 Å². The van der Waals surface area contributed by atoms with Crippen LogP contribution < -0.4 is 15.8 Å². The Morgan fingerprint density at radius 1 is 1.08 bits per heavy atom. The van der Waals surface area contributed by atoms with Gasteiger partial charge in [0, 0.05) is 18.5 Å². The number of benzene rings is 2. The highest BCUT2D eigenvalue weighted by atomic mass is 35.5. The maximum absolute atomic E-state index is 12.9. The van der Waals surface area contributed by atoms with Crippen molar-refractivity contribution in [3.8, 4) is 11.5 Å². The number of nitrogens with two attached hydrogens (primary N) is 1. The summed E-state index contributed by atoms with van der Waals surface area (Å²) >= 11 is 0. The molecule has 1 aliphatic carbocycles. The van der Waals surface area contributed by atoms with E-state index in [1.165, 1.54) is 12.1 Å². The van der Waals surface area contributed by atoms with Crippen LogP contribution in [0.1, 0.15) is 31.2 Å². The quantitative estimate of drug-likeness (QED) is 0.820. The van der Waals surface area contributed by atoms with E-state index in [0.717, 1.165) is 31.2 Å². The van der Waals surface area contributed by atoms with Crippen molar-refractivity contribution in [2.24, 2.45) is 11.7 Å². The number of rotatable bonds is 5. The highest BCUT2D eigenvalue weighted by Gasteiger charge is 2.24. The maximum atomic E-state index is 12.9. The van der Waals surface area contributed by atoms with Crippen molar-refractivity contribution in [2.75, 3.05) is 0 Å². The van der Waals surface area contributed by atoms with Gasteiger partial charge in [-0.3, -0.25) is 4.79 Å². The van der Waals surface area contributed by atoms with Crippen molar-refractivity contribution < 1.29 is 13.9 Å². The summed E-state index contributed by atoms with van der Waals surface area (Å²) in [5.41, 5.74) is 6.94. The summed E-state index contributed by atoms with van der Waals surface area (Å²) in [4.78, 5) is 12.2. The highest BCUT2D eigenvalue weighted by Crippen LogP contribution is 2.24. The molecule has 1 saturated carbocycles. The fraction of sp³-hybridized carbons (Fsp3) is 0.350. The molecule has 0 aliphatic heterocycles. The van der Waals surface area contributed by atoms with Crippen LogP contribution in [0.4, 0.5) is 4.39 Å². The SMILES string of the molecule is Cl.NC1CCCC(C(=O)NCc2ccc(Oc3ccc(F)cc3)cc2)C1. The molecule has 0 radical (unpaired) electrons. The van der Waals surface area contributed by atoms with E-state index in [2.05, 4.69) is 5.32 Å². The standard InChI is InChI=1S/C20H23FN2O2.ClH/c21-16-6-10-19(11-7-16)25-18-8-4-14(5-9-18)13-23-20(24)15-2-1-3-17(22)12-15;/h4-11,15,17H,1-3,12-13,22H2,(H,23,24);1H. The van der Waals surface area contributed by atoms with Gasteiger partial charge in [-0.05, 0) is 61.2 Å². The summed E-state index contributed by atoms with van der Waals surface area (Å²) < 4.78 is 18.5. The Hall–Kier alpha value is -2.11. The number of ether oxygens (including phenoxy) is 1. The number of amides is 1. The van der Waals surface area contributed by atoms with Gasteiger partial charge in [-0.1, -0.05) is 18.6 Å². The first-order valence-corrected chi connectivity index (χ1v) is 8.66. The lowest BCUT2D eigenvalue weighted by Crippen LogP contribution is -2.37. The van der Waals surface area contributed by atoms with E-state index < -0.39 is 0 Å². The molecule has 2 aromatic carbocycles. The highest BCUT2D eigenvalue weighted by molar-refractivity contribution is 5.85. The Labute approximate surface area is 159 Å². The molecule has 2 aromatic rings. The molecule has 2 unspecified atom stereocenters. The molecule has 1 fully saturated rings. The Kier molecular flexibility index (Phi) is 7.42. The average Bonchev–Trinajstić information content (AvgIpc) is 2.63. The summed E-state index contributed by atoms with van der Waals surface area (Å²) in [5, 5.41) is 2.99. The van der Waals surface area contributed by atoms with Gasteiger partial charge in [0.25, 0.3) is 0 Å². The molecule has 1 aliphatic rings. The van der Waals surface area contributed by atoms with Gasteiger partial charge in [-0.15, -0.1) is 12.4 Å². The summed E-state index contributed by atoms with van der Waals surface area (Å²) in [6.45, 7) is 0.487. The monoisotopic (exact) mass is 378 g/mol. The molecule has 1 amide bonds. The zero-order valence-electron chi connectivity index (χ0n) is 14.5. The van der Waals surface area contributed by atoms with Gasteiger partial charge in [-0.25, -0.2) is 4.39 Å². The van der Waals surface area contributed by atoms with Crippen LogP contribution in [0.2, 0.25) is 0 Å². The average molecular weight is 379 g/mol.